The fourth-order valence-electron chi connectivity index (χ4n) is 3.29. The monoisotopic (exact) mass is 288 g/mol. The molecule has 0 saturated heterocycles. The second kappa shape index (κ2) is 5.47. The zero-order valence-corrected chi connectivity index (χ0v) is 12.8. The van der Waals surface area contributed by atoms with Crippen molar-refractivity contribution in [3.63, 3.8) is 0 Å². The van der Waals surface area contributed by atoms with E-state index in [9.17, 15) is 0 Å². The Morgan fingerprint density at radius 2 is 1.86 bits per heavy atom. The topological polar surface area (TPSA) is 19.0 Å². The van der Waals surface area contributed by atoms with Gasteiger partial charge in [0.25, 0.3) is 0 Å². The van der Waals surface area contributed by atoms with Crippen molar-refractivity contribution in [3.05, 3.63) is 66.4 Å². The molecule has 0 spiro atoms. The Kier molecular flexibility index (Phi) is 3.32. The van der Waals surface area contributed by atoms with E-state index in [1.807, 2.05) is 0 Å². The molecule has 4 rings (SSSR count). The molecule has 1 aromatic heterocycles. The van der Waals surface area contributed by atoms with Gasteiger partial charge in [-0.2, -0.15) is 0 Å². The molecule has 0 saturated carbocycles. The van der Waals surface area contributed by atoms with Gasteiger partial charge >= 0.3 is 0 Å². The summed E-state index contributed by atoms with van der Waals surface area (Å²) in [5.41, 5.74) is 6.54. The molecular formula is C20H20N2. The summed E-state index contributed by atoms with van der Waals surface area (Å²) in [6, 6.07) is 17.3. The number of aromatic nitrogens is 1. The number of fused-ring (bicyclic) bond motifs is 1. The van der Waals surface area contributed by atoms with E-state index in [1.165, 1.54) is 33.2 Å². The van der Waals surface area contributed by atoms with Crippen LogP contribution < -0.4 is 0 Å². The molecule has 0 amide bonds. The van der Waals surface area contributed by atoms with Gasteiger partial charge in [0.1, 0.15) is 0 Å². The van der Waals surface area contributed by atoms with Gasteiger partial charge in [-0.05, 0) is 42.3 Å². The lowest BCUT2D eigenvalue weighted by atomic mass is 9.98. The molecule has 2 heteroatoms. The molecule has 0 atom stereocenters. The number of aromatic amines is 1. The molecule has 0 aliphatic carbocycles. The lowest BCUT2D eigenvalue weighted by Crippen LogP contribution is -2.24. The zero-order chi connectivity index (χ0) is 14.9. The first-order valence-corrected chi connectivity index (χ1v) is 7.86. The van der Waals surface area contributed by atoms with Crippen LogP contribution in [0.5, 0.6) is 0 Å². The van der Waals surface area contributed by atoms with Crippen molar-refractivity contribution in [3.8, 4) is 11.1 Å². The van der Waals surface area contributed by atoms with Crippen molar-refractivity contribution >= 4 is 16.5 Å². The first kappa shape index (κ1) is 13.4. The van der Waals surface area contributed by atoms with E-state index < -0.39 is 0 Å². The summed E-state index contributed by atoms with van der Waals surface area (Å²) in [6.07, 6.45) is 5.68. The highest BCUT2D eigenvalue weighted by Gasteiger charge is 2.14. The molecule has 1 aliphatic rings. The molecule has 1 N–H and O–H groups in total. The molecule has 2 nitrogen and oxygen atoms in total. The Morgan fingerprint density at radius 1 is 1.00 bits per heavy atom. The van der Waals surface area contributed by atoms with Crippen LogP contribution in [0.15, 0.2) is 60.8 Å². The third-order valence-electron chi connectivity index (χ3n) is 4.48. The Labute approximate surface area is 131 Å². The molecular weight excluding hydrogens is 268 g/mol. The quantitative estimate of drug-likeness (QED) is 0.732. The summed E-state index contributed by atoms with van der Waals surface area (Å²) in [7, 11) is 2.19. The van der Waals surface area contributed by atoms with Crippen molar-refractivity contribution in [2.24, 2.45) is 0 Å². The highest BCUT2D eigenvalue weighted by atomic mass is 15.1. The zero-order valence-electron chi connectivity index (χ0n) is 12.8. The summed E-state index contributed by atoms with van der Waals surface area (Å²) >= 11 is 0. The molecule has 3 aromatic rings. The van der Waals surface area contributed by atoms with Crippen LogP contribution in [0.4, 0.5) is 0 Å². The fraction of sp³-hybridized carbons (Fsp3) is 0.200. The molecule has 0 bridgehead atoms. The summed E-state index contributed by atoms with van der Waals surface area (Å²) in [5, 5.41) is 1.32. The largest absolute Gasteiger partial charge is 0.361 e. The molecule has 2 aromatic carbocycles. The number of hydrogen-bond donors (Lipinski definition) is 1. The lowest BCUT2D eigenvalue weighted by molar-refractivity contribution is 0.373. The van der Waals surface area contributed by atoms with Gasteiger partial charge in [-0.25, -0.2) is 0 Å². The summed E-state index contributed by atoms with van der Waals surface area (Å²) in [5.74, 6) is 0. The SMILES string of the molecule is CN1CCC=C(c2c[nH]c3ccc(-c4ccccc4)cc23)C1. The minimum absolute atomic E-state index is 1.03. The number of rotatable bonds is 2. The molecule has 1 aliphatic heterocycles. The molecule has 0 radical (unpaired) electrons. The van der Waals surface area contributed by atoms with Gasteiger partial charge in [-0.3, -0.25) is 0 Å². The predicted octanol–water partition coefficient (Wildman–Crippen LogP) is 4.55. The van der Waals surface area contributed by atoms with Crippen molar-refractivity contribution < 1.29 is 0 Å². The summed E-state index contributed by atoms with van der Waals surface area (Å²) < 4.78 is 0. The molecule has 110 valence electrons. The highest BCUT2D eigenvalue weighted by molar-refractivity contribution is 5.95. The second-order valence-corrected chi connectivity index (χ2v) is 6.08. The average molecular weight is 288 g/mol. The molecule has 0 unspecified atom stereocenters. The standard InChI is InChI=1S/C20H20N2/c1-22-11-5-8-17(14-22)19-13-21-20-10-9-16(12-18(19)20)15-6-3-2-4-7-15/h2-4,6-10,12-13,21H,5,11,14H2,1H3. The van der Waals surface area contributed by atoms with Crippen LogP contribution in [0, 0.1) is 0 Å². The maximum atomic E-state index is 3.42. The average Bonchev–Trinajstić information content (AvgIpc) is 2.99. The van der Waals surface area contributed by atoms with Crippen LogP contribution in [0.3, 0.4) is 0 Å². The van der Waals surface area contributed by atoms with Crippen LogP contribution in [-0.2, 0) is 0 Å². The number of benzene rings is 2. The minimum atomic E-state index is 1.03. The minimum Gasteiger partial charge on any atom is -0.361 e. The third-order valence-corrected chi connectivity index (χ3v) is 4.48. The number of nitrogens with one attached hydrogen (secondary N) is 1. The van der Waals surface area contributed by atoms with Gasteiger partial charge in [0.15, 0.2) is 0 Å². The lowest BCUT2D eigenvalue weighted by Gasteiger charge is -2.22. The van der Waals surface area contributed by atoms with E-state index in [0.29, 0.717) is 0 Å². The first-order chi connectivity index (χ1) is 10.8. The normalized spacial score (nSPS) is 16.0. The van der Waals surface area contributed by atoms with Crippen LogP contribution in [0.1, 0.15) is 12.0 Å². The van der Waals surface area contributed by atoms with Gasteiger partial charge in [-0.1, -0.05) is 42.5 Å². The number of hydrogen-bond acceptors (Lipinski definition) is 1. The first-order valence-electron chi connectivity index (χ1n) is 7.86. The summed E-state index contributed by atoms with van der Waals surface area (Å²) in [6.45, 7) is 2.18. The Bertz CT molecular complexity index is 827. The van der Waals surface area contributed by atoms with Gasteiger partial charge < -0.3 is 9.88 Å². The van der Waals surface area contributed by atoms with Gasteiger partial charge in [-0.15, -0.1) is 0 Å². The number of nitrogens with zero attached hydrogens (tertiary/aromatic N) is 1. The molecule has 0 fully saturated rings. The van der Waals surface area contributed by atoms with Crippen molar-refractivity contribution in [2.45, 2.75) is 6.42 Å². The third kappa shape index (κ3) is 2.36. The predicted molar refractivity (Wildman–Crippen MR) is 93.8 cm³/mol. The van der Waals surface area contributed by atoms with Crippen LogP contribution in [0.2, 0.25) is 0 Å². The number of H-pyrrole nitrogens is 1. The van der Waals surface area contributed by atoms with E-state index in [0.717, 1.165) is 19.5 Å². The van der Waals surface area contributed by atoms with E-state index in [2.05, 4.69) is 77.7 Å². The second-order valence-electron chi connectivity index (χ2n) is 6.08. The van der Waals surface area contributed by atoms with Crippen LogP contribution in [0.25, 0.3) is 27.6 Å². The van der Waals surface area contributed by atoms with Crippen molar-refractivity contribution in [2.75, 3.05) is 20.1 Å². The van der Waals surface area contributed by atoms with Crippen molar-refractivity contribution in [1.29, 1.82) is 0 Å². The smallest absolute Gasteiger partial charge is 0.0460 e. The van der Waals surface area contributed by atoms with Crippen LogP contribution >= 0.6 is 0 Å². The van der Waals surface area contributed by atoms with E-state index >= 15 is 0 Å². The Balaban J connectivity index is 1.82. The van der Waals surface area contributed by atoms with Gasteiger partial charge in [0.05, 0.1) is 0 Å². The Hall–Kier alpha value is -2.32. The Morgan fingerprint density at radius 3 is 2.68 bits per heavy atom. The van der Waals surface area contributed by atoms with E-state index in [1.54, 1.807) is 0 Å². The van der Waals surface area contributed by atoms with Crippen LogP contribution in [-0.4, -0.2) is 30.0 Å². The fourth-order valence-corrected chi connectivity index (χ4v) is 3.29. The maximum absolute atomic E-state index is 3.42. The van der Waals surface area contributed by atoms with Gasteiger partial charge in [0.2, 0.25) is 0 Å². The van der Waals surface area contributed by atoms with E-state index in [-0.39, 0.29) is 0 Å². The highest BCUT2D eigenvalue weighted by Crippen LogP contribution is 2.31. The molecule has 22 heavy (non-hydrogen) atoms. The number of likely N-dealkylation sites (N-methyl/N-ethyl adjacent to an activating group) is 1. The maximum Gasteiger partial charge on any atom is 0.0460 e. The van der Waals surface area contributed by atoms with E-state index in [4.69, 9.17) is 0 Å². The summed E-state index contributed by atoms with van der Waals surface area (Å²) in [4.78, 5) is 5.80. The van der Waals surface area contributed by atoms with Gasteiger partial charge in [0, 0.05) is 35.8 Å². The molecule has 2 heterocycles. The van der Waals surface area contributed by atoms with Crippen molar-refractivity contribution in [1.82, 2.24) is 9.88 Å².